The van der Waals surface area contributed by atoms with Gasteiger partial charge in [-0.1, -0.05) is 58.0 Å². The zero-order chi connectivity index (χ0) is 24.8. The van der Waals surface area contributed by atoms with E-state index in [2.05, 4.69) is 31.4 Å². The van der Waals surface area contributed by atoms with Gasteiger partial charge in [0, 0.05) is 15.8 Å². The van der Waals surface area contributed by atoms with Crippen molar-refractivity contribution in [2.75, 3.05) is 18.2 Å². The molecule has 35 heavy (non-hydrogen) atoms. The largest absolute Gasteiger partial charge is 0.493 e. The average Bonchev–Trinajstić information content (AvgIpc) is 3.29. The van der Waals surface area contributed by atoms with Gasteiger partial charge in [-0.05, 0) is 61.9 Å². The number of carbonyl (C=O) groups excluding carboxylic acids is 1. The normalized spacial score (nSPS) is 11.7. The number of amides is 1. The number of para-hydroxylation sites is 3. The van der Waals surface area contributed by atoms with Crippen molar-refractivity contribution >= 4 is 39.3 Å². The first-order valence-electron chi connectivity index (χ1n) is 11.0. The van der Waals surface area contributed by atoms with Crippen molar-refractivity contribution in [2.45, 2.75) is 25.1 Å². The molecule has 0 aliphatic heterocycles. The molecule has 0 saturated carbocycles. The number of thioether (sulfide) groups is 1. The van der Waals surface area contributed by atoms with Gasteiger partial charge in [-0.25, -0.2) is 0 Å². The molecule has 0 aliphatic carbocycles. The summed E-state index contributed by atoms with van der Waals surface area (Å²) in [6.07, 6.45) is -0.424. The zero-order valence-electron chi connectivity index (χ0n) is 19.6. The molecule has 9 heteroatoms. The van der Waals surface area contributed by atoms with Gasteiger partial charge < -0.3 is 14.8 Å². The maximum absolute atomic E-state index is 12.7. The van der Waals surface area contributed by atoms with Crippen LogP contribution in [0.5, 0.6) is 11.5 Å². The number of aryl methyl sites for hydroxylation is 1. The molecule has 180 valence electrons. The first-order valence-corrected chi connectivity index (χ1v) is 12.7. The zero-order valence-corrected chi connectivity index (χ0v) is 22.0. The average molecular weight is 553 g/mol. The number of methoxy groups -OCH3 is 1. The lowest BCUT2D eigenvalue weighted by molar-refractivity contribution is -0.113. The molecule has 0 spiro atoms. The Hall–Kier alpha value is -3.30. The fourth-order valence-electron chi connectivity index (χ4n) is 3.50. The van der Waals surface area contributed by atoms with Crippen LogP contribution in [-0.2, 0) is 4.79 Å². The highest BCUT2D eigenvalue weighted by atomic mass is 79.9. The summed E-state index contributed by atoms with van der Waals surface area (Å²) in [6.45, 7) is 3.86. The van der Waals surface area contributed by atoms with Gasteiger partial charge >= 0.3 is 0 Å². The minimum atomic E-state index is -0.424. The highest BCUT2D eigenvalue weighted by Gasteiger charge is 2.22. The van der Waals surface area contributed by atoms with Crippen molar-refractivity contribution in [1.29, 1.82) is 0 Å². The number of carbonyl (C=O) groups is 1. The number of hydrogen-bond acceptors (Lipinski definition) is 6. The molecular formula is C26H25BrN4O3S. The summed E-state index contributed by atoms with van der Waals surface area (Å²) < 4.78 is 14.5. The van der Waals surface area contributed by atoms with Gasteiger partial charge in [0.25, 0.3) is 0 Å². The molecule has 3 aromatic carbocycles. The standard InChI is InChI=1S/C26H25BrN4O3S/c1-17-15-19(27)13-14-21(17)28-24(32)16-35-26-30-29-25(31(26)20-9-5-4-6-10-20)18(2)34-23-12-8-7-11-22(23)33-3/h4-15,18H,16H2,1-3H3,(H,28,32). The van der Waals surface area contributed by atoms with Crippen LogP contribution in [0.2, 0.25) is 0 Å². The smallest absolute Gasteiger partial charge is 0.234 e. The molecule has 0 bridgehead atoms. The number of halogens is 1. The molecule has 1 unspecified atom stereocenters. The fourth-order valence-corrected chi connectivity index (χ4v) is 4.74. The monoisotopic (exact) mass is 552 g/mol. The fraction of sp³-hybridized carbons (Fsp3) is 0.192. The number of nitrogens with one attached hydrogen (secondary N) is 1. The van der Waals surface area contributed by atoms with Crippen LogP contribution in [0.15, 0.2) is 82.4 Å². The third-order valence-electron chi connectivity index (χ3n) is 5.20. The quantitative estimate of drug-likeness (QED) is 0.248. The topological polar surface area (TPSA) is 78.3 Å². The molecule has 1 aromatic heterocycles. The lowest BCUT2D eigenvalue weighted by Crippen LogP contribution is -2.16. The van der Waals surface area contributed by atoms with Gasteiger partial charge in [0.15, 0.2) is 28.6 Å². The Morgan fingerprint density at radius 3 is 2.49 bits per heavy atom. The van der Waals surface area contributed by atoms with Gasteiger partial charge in [0.1, 0.15) is 0 Å². The molecule has 1 amide bonds. The number of ether oxygens (including phenoxy) is 2. The highest BCUT2D eigenvalue weighted by molar-refractivity contribution is 9.10. The van der Waals surface area contributed by atoms with Crippen LogP contribution in [0.3, 0.4) is 0 Å². The van der Waals surface area contributed by atoms with Gasteiger partial charge in [-0.15, -0.1) is 10.2 Å². The Kier molecular flexibility index (Phi) is 8.09. The Morgan fingerprint density at radius 2 is 1.77 bits per heavy atom. The number of anilines is 1. The molecule has 1 N–H and O–H groups in total. The first-order chi connectivity index (χ1) is 17.0. The summed E-state index contributed by atoms with van der Waals surface area (Å²) in [5, 5.41) is 12.4. The van der Waals surface area contributed by atoms with E-state index in [1.807, 2.05) is 91.2 Å². The molecule has 0 saturated heterocycles. The molecule has 4 aromatic rings. The maximum Gasteiger partial charge on any atom is 0.234 e. The van der Waals surface area contributed by atoms with E-state index in [-0.39, 0.29) is 11.7 Å². The van der Waals surface area contributed by atoms with E-state index in [0.717, 1.165) is 21.4 Å². The number of aromatic nitrogens is 3. The van der Waals surface area contributed by atoms with Crippen molar-refractivity contribution in [1.82, 2.24) is 14.8 Å². The summed E-state index contributed by atoms with van der Waals surface area (Å²) in [5.41, 5.74) is 2.65. The van der Waals surface area contributed by atoms with E-state index >= 15 is 0 Å². The van der Waals surface area contributed by atoms with Crippen molar-refractivity contribution in [3.8, 4) is 17.2 Å². The van der Waals surface area contributed by atoms with Crippen molar-refractivity contribution < 1.29 is 14.3 Å². The minimum Gasteiger partial charge on any atom is -0.493 e. The van der Waals surface area contributed by atoms with Gasteiger partial charge in [0.05, 0.1) is 12.9 Å². The predicted octanol–water partition coefficient (Wildman–Crippen LogP) is 6.22. The maximum atomic E-state index is 12.7. The van der Waals surface area contributed by atoms with Crippen LogP contribution >= 0.6 is 27.7 Å². The summed E-state index contributed by atoms with van der Waals surface area (Å²) in [6, 6.07) is 23.0. The third-order valence-corrected chi connectivity index (χ3v) is 6.63. The number of nitrogens with zero attached hydrogens (tertiary/aromatic N) is 3. The van der Waals surface area contributed by atoms with E-state index < -0.39 is 6.10 Å². The SMILES string of the molecule is COc1ccccc1OC(C)c1nnc(SCC(=O)Nc2ccc(Br)cc2C)n1-c1ccccc1. The lowest BCUT2D eigenvalue weighted by Gasteiger charge is -2.18. The Morgan fingerprint density at radius 1 is 1.06 bits per heavy atom. The van der Waals surface area contributed by atoms with Crippen LogP contribution in [0.1, 0.15) is 24.4 Å². The van der Waals surface area contributed by atoms with Crippen LogP contribution in [0.4, 0.5) is 5.69 Å². The molecule has 0 radical (unpaired) electrons. The van der Waals surface area contributed by atoms with Crippen LogP contribution < -0.4 is 14.8 Å². The summed E-state index contributed by atoms with van der Waals surface area (Å²) in [7, 11) is 1.61. The van der Waals surface area contributed by atoms with Crippen LogP contribution in [0, 0.1) is 6.92 Å². The minimum absolute atomic E-state index is 0.122. The first kappa shape index (κ1) is 24.8. The van der Waals surface area contributed by atoms with Crippen LogP contribution in [-0.4, -0.2) is 33.5 Å². The molecule has 0 aliphatic rings. The second kappa shape index (κ2) is 11.4. The Balaban J connectivity index is 1.55. The van der Waals surface area contributed by atoms with Gasteiger partial charge in [-0.2, -0.15) is 0 Å². The molecule has 1 heterocycles. The Labute approximate surface area is 217 Å². The van der Waals surface area contributed by atoms with E-state index in [1.165, 1.54) is 11.8 Å². The molecule has 7 nitrogen and oxygen atoms in total. The number of hydrogen-bond donors (Lipinski definition) is 1. The molecule has 4 rings (SSSR count). The van der Waals surface area contributed by atoms with E-state index in [9.17, 15) is 4.79 Å². The van der Waals surface area contributed by atoms with Gasteiger partial charge in [-0.3, -0.25) is 9.36 Å². The summed E-state index contributed by atoms with van der Waals surface area (Å²) >= 11 is 4.76. The molecular weight excluding hydrogens is 528 g/mol. The Bertz CT molecular complexity index is 1310. The van der Waals surface area contributed by atoms with Crippen molar-refractivity contribution in [2.24, 2.45) is 0 Å². The van der Waals surface area contributed by atoms with Gasteiger partial charge in [0.2, 0.25) is 5.91 Å². The van der Waals surface area contributed by atoms with Crippen LogP contribution in [0.25, 0.3) is 5.69 Å². The lowest BCUT2D eigenvalue weighted by atomic mass is 10.2. The second-order valence-corrected chi connectivity index (χ2v) is 9.58. The molecule has 1 atom stereocenters. The number of benzene rings is 3. The van der Waals surface area contributed by atoms with Crippen molar-refractivity contribution in [3.63, 3.8) is 0 Å². The van der Waals surface area contributed by atoms with E-state index in [0.29, 0.717) is 22.5 Å². The van der Waals surface area contributed by atoms with Crippen molar-refractivity contribution in [3.05, 3.63) is 88.7 Å². The summed E-state index contributed by atoms with van der Waals surface area (Å²) in [4.78, 5) is 12.7. The predicted molar refractivity (Wildman–Crippen MR) is 142 cm³/mol. The third kappa shape index (κ3) is 6.04. The second-order valence-electron chi connectivity index (χ2n) is 7.72. The highest BCUT2D eigenvalue weighted by Crippen LogP contribution is 2.32. The number of rotatable bonds is 9. The van der Waals surface area contributed by atoms with E-state index in [1.54, 1.807) is 7.11 Å². The van der Waals surface area contributed by atoms with E-state index in [4.69, 9.17) is 9.47 Å². The molecule has 0 fully saturated rings. The summed E-state index contributed by atoms with van der Waals surface area (Å²) in [5.74, 6) is 1.93.